The Kier molecular flexibility index (Phi) is 3.23. The maximum atomic E-state index is 9.25. The fraction of sp³-hybridized carbons (Fsp3) is 0.308. The van der Waals surface area contributed by atoms with Crippen molar-refractivity contribution >= 4 is 11.0 Å². The normalized spacial score (nSPS) is 10.5. The highest BCUT2D eigenvalue weighted by Gasteiger charge is 2.07. The van der Waals surface area contributed by atoms with Gasteiger partial charge in [-0.25, -0.2) is 4.98 Å². The molecule has 0 aliphatic carbocycles. The summed E-state index contributed by atoms with van der Waals surface area (Å²) in [6, 6.07) is 3.86. The number of hydrogen-bond donors (Lipinski definition) is 1. The molecule has 0 fully saturated rings. The molecule has 2 heterocycles. The largest absolute Gasteiger partial charge is 0.392 e. The van der Waals surface area contributed by atoms with Crippen LogP contribution in [0.5, 0.6) is 0 Å². The molecule has 2 rings (SSSR count). The number of hydrogen-bond acceptors (Lipinski definition) is 2. The molecule has 0 amide bonds. The first-order valence-electron chi connectivity index (χ1n) is 5.34. The molecular formula is C13H14N2O. The van der Waals surface area contributed by atoms with Crippen molar-refractivity contribution in [2.45, 2.75) is 26.0 Å². The van der Waals surface area contributed by atoms with Crippen LogP contribution in [0.3, 0.4) is 0 Å². The summed E-state index contributed by atoms with van der Waals surface area (Å²) in [5, 5.41) is 10.3. The fourth-order valence-corrected chi connectivity index (χ4v) is 1.84. The zero-order chi connectivity index (χ0) is 11.4. The van der Waals surface area contributed by atoms with E-state index in [2.05, 4.69) is 15.5 Å². The fourth-order valence-electron chi connectivity index (χ4n) is 1.84. The van der Waals surface area contributed by atoms with Gasteiger partial charge in [-0.05, 0) is 18.6 Å². The molecule has 82 valence electrons. The van der Waals surface area contributed by atoms with Gasteiger partial charge in [-0.1, -0.05) is 0 Å². The van der Waals surface area contributed by atoms with Crippen LogP contribution in [0.2, 0.25) is 0 Å². The molecule has 3 heteroatoms. The highest BCUT2D eigenvalue weighted by molar-refractivity contribution is 5.80. The Bertz CT molecular complexity index is 522. The molecule has 2 aromatic rings. The van der Waals surface area contributed by atoms with Gasteiger partial charge >= 0.3 is 0 Å². The molecule has 0 aromatic carbocycles. The monoisotopic (exact) mass is 214 g/mol. The minimum absolute atomic E-state index is 0.0460. The lowest BCUT2D eigenvalue weighted by atomic mass is 10.2. The van der Waals surface area contributed by atoms with Crippen LogP contribution >= 0.6 is 0 Å². The zero-order valence-corrected chi connectivity index (χ0v) is 9.06. The lowest BCUT2D eigenvalue weighted by Gasteiger charge is -2.01. The Morgan fingerprint density at radius 3 is 3.12 bits per heavy atom. The first kappa shape index (κ1) is 10.7. The molecule has 0 aliphatic rings. The maximum Gasteiger partial charge on any atom is 0.140 e. The van der Waals surface area contributed by atoms with Crippen molar-refractivity contribution in [2.75, 3.05) is 0 Å². The first-order valence-corrected chi connectivity index (χ1v) is 5.34. The van der Waals surface area contributed by atoms with Crippen LogP contribution in [0.15, 0.2) is 24.5 Å². The minimum atomic E-state index is 0.0460. The molecule has 0 spiro atoms. The summed E-state index contributed by atoms with van der Waals surface area (Å²) in [6.45, 7) is 0.891. The van der Waals surface area contributed by atoms with E-state index in [1.165, 1.54) is 0 Å². The molecular weight excluding hydrogens is 200 g/mol. The Morgan fingerprint density at radius 1 is 1.50 bits per heavy atom. The van der Waals surface area contributed by atoms with E-state index >= 15 is 0 Å². The van der Waals surface area contributed by atoms with Crippen LogP contribution < -0.4 is 0 Å². The van der Waals surface area contributed by atoms with E-state index in [4.69, 9.17) is 6.42 Å². The Morgan fingerprint density at radius 2 is 2.38 bits per heavy atom. The van der Waals surface area contributed by atoms with Crippen LogP contribution in [-0.4, -0.2) is 14.7 Å². The van der Waals surface area contributed by atoms with E-state index in [9.17, 15) is 5.11 Å². The van der Waals surface area contributed by atoms with E-state index in [1.54, 1.807) is 6.20 Å². The molecule has 0 radical (unpaired) electrons. The third-order valence-electron chi connectivity index (χ3n) is 2.61. The first-order chi connectivity index (χ1) is 7.86. The third-order valence-corrected chi connectivity index (χ3v) is 2.61. The molecule has 0 saturated heterocycles. The topological polar surface area (TPSA) is 38.0 Å². The Balaban J connectivity index is 2.34. The van der Waals surface area contributed by atoms with Gasteiger partial charge in [-0.2, -0.15) is 0 Å². The van der Waals surface area contributed by atoms with Crippen molar-refractivity contribution in [3.63, 3.8) is 0 Å². The standard InChI is InChI=1S/C13H14N2O/c1-2-3-4-8-15-9-11(10-16)12-6-5-7-14-13(12)15/h1,5-7,9,16H,3-4,8,10H2. The molecule has 16 heavy (non-hydrogen) atoms. The van der Waals surface area contributed by atoms with Crippen LogP contribution in [0.1, 0.15) is 18.4 Å². The highest BCUT2D eigenvalue weighted by atomic mass is 16.3. The summed E-state index contributed by atoms with van der Waals surface area (Å²) in [5.41, 5.74) is 1.84. The predicted molar refractivity (Wildman–Crippen MR) is 63.7 cm³/mol. The molecule has 0 aliphatic heterocycles. The van der Waals surface area contributed by atoms with Crippen LogP contribution in [0, 0.1) is 12.3 Å². The Labute approximate surface area is 94.7 Å². The second-order valence-electron chi connectivity index (χ2n) is 3.69. The predicted octanol–water partition coefficient (Wildman–Crippen LogP) is 1.94. The molecule has 0 bridgehead atoms. The van der Waals surface area contributed by atoms with Crippen LogP contribution in [0.4, 0.5) is 0 Å². The molecule has 3 nitrogen and oxygen atoms in total. The highest BCUT2D eigenvalue weighted by Crippen LogP contribution is 2.19. The SMILES string of the molecule is C#CCCCn1cc(CO)c2cccnc21. The van der Waals surface area contributed by atoms with Crippen molar-refractivity contribution in [3.05, 3.63) is 30.1 Å². The molecule has 0 saturated carbocycles. The van der Waals surface area contributed by atoms with Crippen molar-refractivity contribution in [1.82, 2.24) is 9.55 Å². The third kappa shape index (κ3) is 1.93. The van der Waals surface area contributed by atoms with E-state index in [0.717, 1.165) is 36.0 Å². The summed E-state index contributed by atoms with van der Waals surface area (Å²) in [7, 11) is 0. The number of unbranched alkanes of at least 4 members (excludes halogenated alkanes) is 1. The number of terminal acetylenes is 1. The molecule has 2 aromatic heterocycles. The minimum Gasteiger partial charge on any atom is -0.392 e. The number of aryl methyl sites for hydroxylation is 1. The Hall–Kier alpha value is -1.79. The second-order valence-corrected chi connectivity index (χ2v) is 3.69. The van der Waals surface area contributed by atoms with Crippen LogP contribution in [0.25, 0.3) is 11.0 Å². The van der Waals surface area contributed by atoms with Gasteiger partial charge in [0.1, 0.15) is 5.65 Å². The number of nitrogens with zero attached hydrogens (tertiary/aromatic N) is 2. The van der Waals surface area contributed by atoms with Crippen molar-refractivity contribution in [1.29, 1.82) is 0 Å². The number of aromatic nitrogens is 2. The number of rotatable bonds is 4. The summed E-state index contributed by atoms with van der Waals surface area (Å²) in [4.78, 5) is 4.33. The van der Waals surface area contributed by atoms with Gasteiger partial charge in [0.2, 0.25) is 0 Å². The number of aliphatic hydroxyl groups is 1. The summed E-state index contributed by atoms with van der Waals surface area (Å²) >= 11 is 0. The summed E-state index contributed by atoms with van der Waals surface area (Å²) in [5.74, 6) is 2.62. The van der Waals surface area contributed by atoms with Crippen molar-refractivity contribution < 1.29 is 5.11 Å². The average molecular weight is 214 g/mol. The van der Waals surface area contributed by atoms with Gasteiger partial charge < -0.3 is 9.67 Å². The van der Waals surface area contributed by atoms with Gasteiger partial charge in [-0.3, -0.25) is 0 Å². The van der Waals surface area contributed by atoms with Gasteiger partial charge in [0.15, 0.2) is 0 Å². The van der Waals surface area contributed by atoms with Gasteiger partial charge in [-0.15, -0.1) is 12.3 Å². The van der Waals surface area contributed by atoms with Crippen LogP contribution in [-0.2, 0) is 13.2 Å². The molecule has 0 unspecified atom stereocenters. The number of pyridine rings is 1. The van der Waals surface area contributed by atoms with Gasteiger partial charge in [0, 0.05) is 36.3 Å². The van der Waals surface area contributed by atoms with E-state index in [-0.39, 0.29) is 6.61 Å². The zero-order valence-electron chi connectivity index (χ0n) is 9.06. The van der Waals surface area contributed by atoms with Gasteiger partial charge in [0.25, 0.3) is 0 Å². The van der Waals surface area contributed by atoms with Gasteiger partial charge in [0.05, 0.1) is 6.61 Å². The lowest BCUT2D eigenvalue weighted by Crippen LogP contribution is -1.96. The second kappa shape index (κ2) is 4.82. The maximum absolute atomic E-state index is 9.25. The van der Waals surface area contributed by atoms with E-state index in [1.807, 2.05) is 18.3 Å². The molecule has 1 N–H and O–H groups in total. The smallest absolute Gasteiger partial charge is 0.140 e. The van der Waals surface area contributed by atoms with E-state index in [0.29, 0.717) is 0 Å². The average Bonchev–Trinajstić information content (AvgIpc) is 2.68. The number of aliphatic hydroxyl groups excluding tert-OH is 1. The summed E-state index contributed by atoms with van der Waals surface area (Å²) in [6.07, 6.45) is 10.6. The lowest BCUT2D eigenvalue weighted by molar-refractivity contribution is 0.283. The quantitative estimate of drug-likeness (QED) is 0.624. The number of fused-ring (bicyclic) bond motifs is 1. The van der Waals surface area contributed by atoms with Crippen molar-refractivity contribution in [3.8, 4) is 12.3 Å². The van der Waals surface area contributed by atoms with Crippen molar-refractivity contribution in [2.24, 2.45) is 0 Å². The molecule has 0 atom stereocenters. The summed E-state index contributed by atoms with van der Waals surface area (Å²) < 4.78 is 2.05. The van der Waals surface area contributed by atoms with E-state index < -0.39 is 0 Å².